The topological polar surface area (TPSA) is 100 Å². The van der Waals surface area contributed by atoms with Crippen molar-refractivity contribution < 1.29 is 4.79 Å². The third-order valence-corrected chi connectivity index (χ3v) is 4.98. The van der Waals surface area contributed by atoms with Gasteiger partial charge in [0.1, 0.15) is 5.01 Å². The van der Waals surface area contributed by atoms with Gasteiger partial charge in [-0.15, -0.1) is 11.3 Å². The largest absolute Gasteiger partial charge is 0.292 e. The number of hydrogen-bond donors (Lipinski definition) is 2. The summed E-state index contributed by atoms with van der Waals surface area (Å²) in [6.07, 6.45) is 0. The SMILES string of the molecule is C/C(=N/NC(=O)c1n[nH]c(=O)c2ccccc12)c1nc2ccccc2s1. The summed E-state index contributed by atoms with van der Waals surface area (Å²) in [7, 11) is 0. The highest BCUT2D eigenvalue weighted by molar-refractivity contribution is 7.20. The van der Waals surface area contributed by atoms with Crippen LogP contribution >= 0.6 is 11.3 Å². The molecule has 128 valence electrons. The molecular formula is C18H13N5O2S. The number of carbonyl (C=O) groups is 1. The predicted octanol–water partition coefficient (Wildman–Crippen LogP) is 2.69. The van der Waals surface area contributed by atoms with Crippen molar-refractivity contribution in [1.82, 2.24) is 20.6 Å². The van der Waals surface area contributed by atoms with Crippen LogP contribution in [0.3, 0.4) is 0 Å². The Morgan fingerprint density at radius 1 is 1.12 bits per heavy atom. The highest BCUT2D eigenvalue weighted by Gasteiger charge is 2.14. The van der Waals surface area contributed by atoms with E-state index in [0.717, 1.165) is 15.2 Å². The summed E-state index contributed by atoms with van der Waals surface area (Å²) in [6, 6.07) is 14.6. The third-order valence-electron chi connectivity index (χ3n) is 3.84. The molecule has 4 rings (SSSR count). The molecule has 0 aliphatic rings. The van der Waals surface area contributed by atoms with E-state index in [0.29, 0.717) is 16.5 Å². The Balaban J connectivity index is 1.63. The van der Waals surface area contributed by atoms with Gasteiger partial charge in [-0.3, -0.25) is 9.59 Å². The number of fused-ring (bicyclic) bond motifs is 2. The summed E-state index contributed by atoms with van der Waals surface area (Å²) in [5, 5.41) is 11.9. The summed E-state index contributed by atoms with van der Waals surface area (Å²) in [5.74, 6) is -0.502. The first kappa shape index (κ1) is 16.1. The van der Waals surface area contributed by atoms with E-state index in [4.69, 9.17) is 0 Å². The molecule has 2 N–H and O–H groups in total. The minimum Gasteiger partial charge on any atom is -0.267 e. The summed E-state index contributed by atoms with van der Waals surface area (Å²) >= 11 is 1.50. The second kappa shape index (κ2) is 6.49. The molecule has 0 saturated heterocycles. The van der Waals surface area contributed by atoms with Crippen molar-refractivity contribution in [3.63, 3.8) is 0 Å². The number of amides is 1. The van der Waals surface area contributed by atoms with Gasteiger partial charge in [-0.25, -0.2) is 15.5 Å². The average molecular weight is 363 g/mol. The van der Waals surface area contributed by atoms with Crippen molar-refractivity contribution >= 4 is 43.9 Å². The van der Waals surface area contributed by atoms with E-state index in [2.05, 4.69) is 25.7 Å². The van der Waals surface area contributed by atoms with E-state index < -0.39 is 5.91 Å². The number of benzene rings is 2. The molecule has 0 bridgehead atoms. The maximum atomic E-state index is 12.5. The van der Waals surface area contributed by atoms with Crippen LogP contribution in [0.15, 0.2) is 58.4 Å². The Labute approximate surface area is 151 Å². The summed E-state index contributed by atoms with van der Waals surface area (Å²) < 4.78 is 1.05. The lowest BCUT2D eigenvalue weighted by Gasteiger charge is -2.03. The van der Waals surface area contributed by atoms with Crippen LogP contribution in [0.2, 0.25) is 0 Å². The molecule has 0 aliphatic carbocycles. The molecule has 4 aromatic rings. The van der Waals surface area contributed by atoms with Crippen LogP contribution in [0.5, 0.6) is 0 Å². The van der Waals surface area contributed by atoms with Crippen molar-refractivity contribution in [2.45, 2.75) is 6.92 Å². The molecule has 7 nitrogen and oxygen atoms in total. The first-order valence-electron chi connectivity index (χ1n) is 7.81. The number of hydrogen-bond acceptors (Lipinski definition) is 6. The van der Waals surface area contributed by atoms with Gasteiger partial charge in [-0.1, -0.05) is 30.3 Å². The zero-order valence-corrected chi connectivity index (χ0v) is 14.5. The number of para-hydroxylation sites is 1. The average Bonchev–Trinajstić information content (AvgIpc) is 3.11. The lowest BCUT2D eigenvalue weighted by atomic mass is 10.1. The molecule has 2 heterocycles. The maximum Gasteiger partial charge on any atom is 0.292 e. The molecular weight excluding hydrogens is 350 g/mol. The molecule has 0 aliphatic heterocycles. The normalized spacial score (nSPS) is 11.8. The fourth-order valence-electron chi connectivity index (χ4n) is 2.55. The van der Waals surface area contributed by atoms with Gasteiger partial charge >= 0.3 is 0 Å². The van der Waals surface area contributed by atoms with E-state index in [-0.39, 0.29) is 11.3 Å². The van der Waals surface area contributed by atoms with Gasteiger partial charge in [0.15, 0.2) is 5.69 Å². The molecule has 0 atom stereocenters. The molecule has 8 heteroatoms. The number of hydrazone groups is 1. The highest BCUT2D eigenvalue weighted by atomic mass is 32.1. The Morgan fingerprint density at radius 3 is 2.65 bits per heavy atom. The highest BCUT2D eigenvalue weighted by Crippen LogP contribution is 2.22. The molecule has 0 fully saturated rings. The first-order chi connectivity index (χ1) is 12.6. The van der Waals surface area contributed by atoms with E-state index in [1.807, 2.05) is 24.3 Å². The quantitative estimate of drug-likeness (QED) is 0.432. The minimum atomic E-state index is -0.502. The van der Waals surface area contributed by atoms with Gasteiger partial charge in [-0.05, 0) is 25.1 Å². The third kappa shape index (κ3) is 2.86. The zero-order chi connectivity index (χ0) is 18.1. The molecule has 0 radical (unpaired) electrons. The number of aromatic nitrogens is 3. The molecule has 2 aromatic heterocycles. The van der Waals surface area contributed by atoms with Gasteiger partial charge in [-0.2, -0.15) is 10.2 Å². The van der Waals surface area contributed by atoms with Crippen molar-refractivity contribution in [1.29, 1.82) is 0 Å². The van der Waals surface area contributed by atoms with Crippen molar-refractivity contribution in [3.8, 4) is 0 Å². The van der Waals surface area contributed by atoms with E-state index in [1.165, 1.54) is 11.3 Å². The van der Waals surface area contributed by atoms with Crippen LogP contribution in [-0.4, -0.2) is 26.8 Å². The Hall–Kier alpha value is -3.39. The van der Waals surface area contributed by atoms with E-state index >= 15 is 0 Å². The van der Waals surface area contributed by atoms with Gasteiger partial charge in [0, 0.05) is 5.39 Å². The standard InChI is InChI=1S/C18H13N5O2S/c1-10(18-19-13-8-4-5-9-14(13)26-18)20-23-17(25)15-11-6-2-3-7-12(11)16(24)22-21-15/h2-9H,1H3,(H,22,24)(H,23,25)/b20-10-. The van der Waals surface area contributed by atoms with Gasteiger partial charge in [0.25, 0.3) is 11.5 Å². The van der Waals surface area contributed by atoms with Gasteiger partial charge < -0.3 is 0 Å². The number of nitrogens with one attached hydrogen (secondary N) is 2. The number of H-pyrrole nitrogens is 1. The minimum absolute atomic E-state index is 0.112. The Kier molecular flexibility index (Phi) is 4.02. The van der Waals surface area contributed by atoms with Crippen LogP contribution in [-0.2, 0) is 0 Å². The predicted molar refractivity (Wildman–Crippen MR) is 102 cm³/mol. The van der Waals surface area contributed by atoms with Gasteiger partial charge in [0.05, 0.1) is 21.3 Å². The maximum absolute atomic E-state index is 12.5. The zero-order valence-electron chi connectivity index (χ0n) is 13.7. The smallest absolute Gasteiger partial charge is 0.267 e. The number of aromatic amines is 1. The van der Waals surface area contributed by atoms with Crippen molar-refractivity contribution in [3.05, 3.63) is 69.6 Å². The molecule has 0 spiro atoms. The Morgan fingerprint density at radius 2 is 1.85 bits per heavy atom. The summed E-state index contributed by atoms with van der Waals surface area (Å²) in [4.78, 5) is 28.8. The lowest BCUT2D eigenvalue weighted by molar-refractivity contribution is 0.0950. The van der Waals surface area contributed by atoms with E-state index in [1.54, 1.807) is 31.2 Å². The molecule has 26 heavy (non-hydrogen) atoms. The van der Waals surface area contributed by atoms with Crippen molar-refractivity contribution in [2.75, 3.05) is 0 Å². The summed E-state index contributed by atoms with van der Waals surface area (Å²) in [6.45, 7) is 1.77. The molecule has 1 amide bonds. The van der Waals surface area contributed by atoms with Crippen LogP contribution < -0.4 is 11.0 Å². The summed E-state index contributed by atoms with van der Waals surface area (Å²) in [5.41, 5.74) is 3.74. The molecule has 0 saturated carbocycles. The van der Waals surface area contributed by atoms with E-state index in [9.17, 15) is 9.59 Å². The number of rotatable bonds is 3. The fraction of sp³-hybridized carbons (Fsp3) is 0.0556. The van der Waals surface area contributed by atoms with Crippen LogP contribution in [0.1, 0.15) is 22.4 Å². The van der Waals surface area contributed by atoms with Crippen molar-refractivity contribution in [2.24, 2.45) is 5.10 Å². The monoisotopic (exact) mass is 363 g/mol. The van der Waals surface area contributed by atoms with Gasteiger partial charge in [0.2, 0.25) is 0 Å². The lowest BCUT2D eigenvalue weighted by Crippen LogP contribution is -2.23. The number of carbonyl (C=O) groups excluding carboxylic acids is 1. The second-order valence-corrected chi connectivity index (χ2v) is 6.60. The Bertz CT molecular complexity index is 1190. The fourth-order valence-corrected chi connectivity index (χ4v) is 3.46. The van der Waals surface area contributed by atoms with Crippen LogP contribution in [0.25, 0.3) is 21.0 Å². The molecule has 0 unspecified atom stereocenters. The number of thiazole rings is 1. The number of nitrogens with zero attached hydrogens (tertiary/aromatic N) is 3. The van der Waals surface area contributed by atoms with Crippen LogP contribution in [0, 0.1) is 0 Å². The second-order valence-electron chi connectivity index (χ2n) is 5.57. The molecule has 2 aromatic carbocycles. The van der Waals surface area contributed by atoms with Crippen LogP contribution in [0.4, 0.5) is 0 Å². The first-order valence-corrected chi connectivity index (χ1v) is 8.63.